The molecule has 0 fully saturated rings. The maximum atomic E-state index is 11.9. The van der Waals surface area contributed by atoms with Crippen LogP contribution in [0.15, 0.2) is 35.1 Å². The van der Waals surface area contributed by atoms with Gasteiger partial charge in [-0.05, 0) is 31.5 Å². The van der Waals surface area contributed by atoms with Crippen molar-refractivity contribution in [2.24, 2.45) is 0 Å². The number of amides is 2. The zero-order chi connectivity index (χ0) is 16.8. The number of benzene rings is 1. The molecule has 0 bridgehead atoms. The number of anilines is 1. The number of hydrogen-bond acceptors (Lipinski definition) is 4. The van der Waals surface area contributed by atoms with Crippen LogP contribution in [0.25, 0.3) is 0 Å². The molecule has 2 aromatic rings. The first-order valence-corrected chi connectivity index (χ1v) is 7.88. The van der Waals surface area contributed by atoms with Gasteiger partial charge in [0, 0.05) is 29.3 Å². The maximum absolute atomic E-state index is 11.9. The predicted octanol–water partition coefficient (Wildman–Crippen LogP) is 2.61. The van der Waals surface area contributed by atoms with Gasteiger partial charge in [0.1, 0.15) is 5.69 Å². The number of carbonyl (C=O) groups excluding carboxylic acids is 2. The van der Waals surface area contributed by atoms with Gasteiger partial charge < -0.3 is 10.6 Å². The minimum absolute atomic E-state index is 0.165. The number of halogens is 1. The summed E-state index contributed by atoms with van der Waals surface area (Å²) in [7, 11) is 0. The van der Waals surface area contributed by atoms with E-state index in [9.17, 15) is 9.59 Å². The lowest BCUT2D eigenvalue weighted by atomic mass is 10.2. The van der Waals surface area contributed by atoms with Crippen molar-refractivity contribution in [1.82, 2.24) is 15.3 Å². The van der Waals surface area contributed by atoms with Crippen LogP contribution in [0, 0.1) is 13.8 Å². The van der Waals surface area contributed by atoms with Gasteiger partial charge in [0.2, 0.25) is 5.91 Å². The monoisotopic (exact) mass is 376 g/mol. The third-order valence-electron chi connectivity index (χ3n) is 3.12. The summed E-state index contributed by atoms with van der Waals surface area (Å²) in [5.41, 5.74) is 2.70. The van der Waals surface area contributed by atoms with Gasteiger partial charge in [0.05, 0.1) is 11.9 Å². The van der Waals surface area contributed by atoms with Crippen molar-refractivity contribution in [1.29, 1.82) is 0 Å². The molecule has 0 saturated carbocycles. The summed E-state index contributed by atoms with van der Waals surface area (Å²) in [6, 6.07) is 5.67. The first-order valence-electron chi connectivity index (χ1n) is 7.08. The Kier molecular flexibility index (Phi) is 5.81. The van der Waals surface area contributed by atoms with E-state index in [1.54, 1.807) is 6.92 Å². The summed E-state index contributed by atoms with van der Waals surface area (Å²) in [6.45, 7) is 3.94. The second-order valence-electron chi connectivity index (χ2n) is 5.06. The summed E-state index contributed by atoms with van der Waals surface area (Å²) in [5.74, 6) is -0.509. The van der Waals surface area contributed by atoms with E-state index in [1.165, 1.54) is 12.4 Å². The van der Waals surface area contributed by atoms with E-state index in [0.29, 0.717) is 0 Å². The van der Waals surface area contributed by atoms with Crippen LogP contribution in [0.1, 0.15) is 28.2 Å². The van der Waals surface area contributed by atoms with Gasteiger partial charge in [-0.1, -0.05) is 22.0 Å². The molecule has 0 radical (unpaired) electrons. The largest absolute Gasteiger partial charge is 0.350 e. The molecule has 0 aliphatic carbocycles. The fourth-order valence-corrected chi connectivity index (χ4v) is 2.19. The number of nitrogens with zero attached hydrogens (tertiary/aromatic N) is 2. The van der Waals surface area contributed by atoms with Crippen molar-refractivity contribution >= 4 is 33.4 Å². The Morgan fingerprint density at radius 3 is 2.65 bits per heavy atom. The van der Waals surface area contributed by atoms with E-state index in [2.05, 4.69) is 36.5 Å². The van der Waals surface area contributed by atoms with Gasteiger partial charge >= 0.3 is 0 Å². The summed E-state index contributed by atoms with van der Waals surface area (Å²) in [6.07, 6.45) is 3.12. The number of nitrogens with one attached hydrogen (secondary N) is 2. The Morgan fingerprint density at radius 2 is 1.96 bits per heavy atom. The molecule has 7 heteroatoms. The van der Waals surface area contributed by atoms with Gasteiger partial charge in [0.15, 0.2) is 0 Å². The molecule has 0 aliphatic heterocycles. The molecule has 0 atom stereocenters. The molecule has 0 unspecified atom stereocenters. The van der Waals surface area contributed by atoms with Crippen molar-refractivity contribution in [3.63, 3.8) is 0 Å². The number of hydrogen-bond donors (Lipinski definition) is 2. The molecular formula is C16H17BrN4O2. The van der Waals surface area contributed by atoms with E-state index < -0.39 is 0 Å². The zero-order valence-corrected chi connectivity index (χ0v) is 14.5. The summed E-state index contributed by atoms with van der Waals surface area (Å²) in [4.78, 5) is 31.8. The Hall–Kier alpha value is -2.28. The van der Waals surface area contributed by atoms with Crippen LogP contribution in [0.4, 0.5) is 5.69 Å². The smallest absolute Gasteiger partial charge is 0.271 e. The highest BCUT2D eigenvalue weighted by atomic mass is 79.9. The van der Waals surface area contributed by atoms with Crippen molar-refractivity contribution in [2.75, 3.05) is 11.9 Å². The lowest BCUT2D eigenvalue weighted by Crippen LogP contribution is -2.28. The van der Waals surface area contributed by atoms with Crippen LogP contribution >= 0.6 is 15.9 Å². The van der Waals surface area contributed by atoms with E-state index in [0.717, 1.165) is 21.4 Å². The standard InChI is InChI=1S/C16H17BrN4O2/c1-10-3-4-12(17)7-13(10)21-15(22)5-6-18-16(23)14-9-19-11(2)8-20-14/h3-4,7-9H,5-6H2,1-2H3,(H,18,23)(H,21,22). The summed E-state index contributed by atoms with van der Waals surface area (Å²) < 4.78 is 0.893. The van der Waals surface area contributed by atoms with Crippen LogP contribution in [0.2, 0.25) is 0 Å². The summed E-state index contributed by atoms with van der Waals surface area (Å²) >= 11 is 3.37. The number of aryl methyl sites for hydroxylation is 2. The van der Waals surface area contributed by atoms with E-state index in [4.69, 9.17) is 0 Å². The van der Waals surface area contributed by atoms with Crippen LogP contribution in [-0.4, -0.2) is 28.3 Å². The molecule has 2 amide bonds. The fraction of sp³-hybridized carbons (Fsp3) is 0.250. The van der Waals surface area contributed by atoms with Gasteiger partial charge in [-0.3, -0.25) is 14.6 Å². The zero-order valence-electron chi connectivity index (χ0n) is 12.9. The van der Waals surface area contributed by atoms with Crippen molar-refractivity contribution < 1.29 is 9.59 Å². The highest BCUT2D eigenvalue weighted by Crippen LogP contribution is 2.20. The van der Waals surface area contributed by atoms with Crippen molar-refractivity contribution in [3.8, 4) is 0 Å². The lowest BCUT2D eigenvalue weighted by molar-refractivity contribution is -0.116. The molecule has 2 rings (SSSR count). The average molecular weight is 377 g/mol. The number of carbonyl (C=O) groups is 2. The second-order valence-corrected chi connectivity index (χ2v) is 5.97. The van der Waals surface area contributed by atoms with Crippen LogP contribution in [-0.2, 0) is 4.79 Å². The molecule has 1 aromatic carbocycles. The van der Waals surface area contributed by atoms with E-state index in [1.807, 2.05) is 25.1 Å². The Morgan fingerprint density at radius 1 is 1.17 bits per heavy atom. The minimum atomic E-state index is -0.344. The molecule has 0 spiro atoms. The molecule has 1 aromatic heterocycles. The first-order chi connectivity index (χ1) is 11.0. The maximum Gasteiger partial charge on any atom is 0.271 e. The first kappa shape index (κ1) is 17.1. The van der Waals surface area contributed by atoms with Gasteiger partial charge in [-0.15, -0.1) is 0 Å². The highest BCUT2D eigenvalue weighted by Gasteiger charge is 2.09. The molecule has 2 N–H and O–H groups in total. The SMILES string of the molecule is Cc1cnc(C(=O)NCCC(=O)Nc2cc(Br)ccc2C)cn1. The molecule has 0 aliphatic rings. The topological polar surface area (TPSA) is 84.0 Å². The quantitative estimate of drug-likeness (QED) is 0.839. The third kappa shape index (κ3) is 5.14. The minimum Gasteiger partial charge on any atom is -0.350 e. The van der Waals surface area contributed by atoms with Crippen LogP contribution < -0.4 is 10.6 Å². The van der Waals surface area contributed by atoms with Gasteiger partial charge in [-0.2, -0.15) is 0 Å². The normalized spacial score (nSPS) is 10.2. The molecule has 23 heavy (non-hydrogen) atoms. The molecule has 1 heterocycles. The van der Waals surface area contributed by atoms with E-state index >= 15 is 0 Å². The second kappa shape index (κ2) is 7.82. The van der Waals surface area contributed by atoms with Crippen LogP contribution in [0.3, 0.4) is 0 Å². The van der Waals surface area contributed by atoms with Crippen molar-refractivity contribution in [2.45, 2.75) is 20.3 Å². The molecule has 6 nitrogen and oxygen atoms in total. The Bertz CT molecular complexity index is 717. The summed E-state index contributed by atoms with van der Waals surface area (Å²) in [5, 5.41) is 5.47. The van der Waals surface area contributed by atoms with Gasteiger partial charge in [-0.25, -0.2) is 4.98 Å². The predicted molar refractivity (Wildman–Crippen MR) is 91.2 cm³/mol. The Labute approximate surface area is 142 Å². The van der Waals surface area contributed by atoms with Crippen LogP contribution in [0.5, 0.6) is 0 Å². The third-order valence-corrected chi connectivity index (χ3v) is 3.62. The fourth-order valence-electron chi connectivity index (χ4n) is 1.83. The van der Waals surface area contributed by atoms with Crippen molar-refractivity contribution in [3.05, 3.63) is 52.0 Å². The average Bonchev–Trinajstić information content (AvgIpc) is 2.51. The molecular weight excluding hydrogens is 360 g/mol. The number of rotatable bonds is 5. The number of aromatic nitrogens is 2. The van der Waals surface area contributed by atoms with Gasteiger partial charge in [0.25, 0.3) is 5.91 Å². The highest BCUT2D eigenvalue weighted by molar-refractivity contribution is 9.10. The Balaban J connectivity index is 1.81. The molecule has 120 valence electrons. The molecule has 0 saturated heterocycles. The lowest BCUT2D eigenvalue weighted by Gasteiger charge is -2.09. The van der Waals surface area contributed by atoms with E-state index in [-0.39, 0.29) is 30.5 Å².